The zero-order valence-corrected chi connectivity index (χ0v) is 9.18. The van der Waals surface area contributed by atoms with Crippen LogP contribution in [0.3, 0.4) is 0 Å². The average Bonchev–Trinajstić information content (AvgIpc) is 2.61. The molecule has 0 atom stereocenters. The second-order valence-electron chi connectivity index (χ2n) is 2.79. The highest BCUT2D eigenvalue weighted by Gasteiger charge is 1.96. The van der Waals surface area contributed by atoms with Gasteiger partial charge in [-0.3, -0.25) is 4.79 Å². The van der Waals surface area contributed by atoms with Crippen LogP contribution in [0.15, 0.2) is 28.5 Å². The van der Waals surface area contributed by atoms with Crippen molar-refractivity contribution in [3.05, 3.63) is 49.8 Å². The van der Waals surface area contributed by atoms with Gasteiger partial charge in [0.25, 0.3) is 5.56 Å². The molecule has 76 valence electrons. The van der Waals surface area contributed by atoms with E-state index in [0.717, 1.165) is 4.88 Å². The molecule has 0 aliphatic heterocycles. The standard InChI is InChI=1S/C10H7ClN2OS/c11-7-4-6-15-8(7)1-2-9-12-5-3-10(14)13-9/h1-6H,(H,12,13,14). The number of nitrogens with one attached hydrogen (secondary N) is 1. The fourth-order valence-corrected chi connectivity index (χ4v) is 2.06. The minimum Gasteiger partial charge on any atom is -0.307 e. The van der Waals surface area contributed by atoms with Crippen LogP contribution in [0.2, 0.25) is 5.02 Å². The third-order valence-corrected chi connectivity index (χ3v) is 3.05. The largest absolute Gasteiger partial charge is 0.307 e. The third kappa shape index (κ3) is 2.55. The minimum atomic E-state index is -0.165. The van der Waals surface area contributed by atoms with Crippen LogP contribution in [-0.2, 0) is 0 Å². The van der Waals surface area contributed by atoms with Crippen LogP contribution in [0.1, 0.15) is 10.7 Å². The van der Waals surface area contributed by atoms with E-state index in [1.54, 1.807) is 6.08 Å². The molecule has 15 heavy (non-hydrogen) atoms. The molecule has 5 heteroatoms. The number of aromatic amines is 1. The first-order valence-electron chi connectivity index (χ1n) is 4.22. The fourth-order valence-electron chi connectivity index (χ4n) is 1.05. The quantitative estimate of drug-likeness (QED) is 0.874. The van der Waals surface area contributed by atoms with E-state index >= 15 is 0 Å². The van der Waals surface area contributed by atoms with Gasteiger partial charge in [-0.15, -0.1) is 11.3 Å². The number of hydrogen-bond acceptors (Lipinski definition) is 3. The average molecular weight is 239 g/mol. The topological polar surface area (TPSA) is 45.8 Å². The molecule has 0 radical (unpaired) electrons. The van der Waals surface area contributed by atoms with Gasteiger partial charge in [-0.25, -0.2) is 4.98 Å². The molecule has 0 spiro atoms. The first kappa shape index (κ1) is 10.1. The Hall–Kier alpha value is -1.39. The van der Waals surface area contributed by atoms with Crippen molar-refractivity contribution < 1.29 is 0 Å². The zero-order valence-electron chi connectivity index (χ0n) is 7.61. The van der Waals surface area contributed by atoms with Crippen LogP contribution < -0.4 is 5.56 Å². The number of H-pyrrole nitrogens is 1. The lowest BCUT2D eigenvalue weighted by atomic mass is 10.4. The van der Waals surface area contributed by atoms with E-state index in [1.807, 2.05) is 17.5 Å². The summed E-state index contributed by atoms with van der Waals surface area (Å²) in [6.45, 7) is 0. The third-order valence-electron chi connectivity index (χ3n) is 1.73. The summed E-state index contributed by atoms with van der Waals surface area (Å²) in [5.41, 5.74) is -0.165. The number of rotatable bonds is 2. The predicted octanol–water partition coefficient (Wildman–Crippen LogP) is 2.66. The van der Waals surface area contributed by atoms with Crippen molar-refractivity contribution in [3.63, 3.8) is 0 Å². The van der Waals surface area contributed by atoms with Crippen LogP contribution in [0.5, 0.6) is 0 Å². The number of hydrogen-bond donors (Lipinski definition) is 1. The van der Waals surface area contributed by atoms with Gasteiger partial charge < -0.3 is 4.98 Å². The Bertz CT molecular complexity index is 544. The Balaban J connectivity index is 2.26. The first-order valence-corrected chi connectivity index (χ1v) is 5.48. The highest BCUT2D eigenvalue weighted by Crippen LogP contribution is 2.23. The number of thiophene rings is 1. The van der Waals surface area contributed by atoms with Crippen molar-refractivity contribution in [1.29, 1.82) is 0 Å². The molecule has 2 heterocycles. The van der Waals surface area contributed by atoms with Gasteiger partial charge >= 0.3 is 0 Å². The van der Waals surface area contributed by atoms with Gasteiger partial charge in [-0.1, -0.05) is 11.6 Å². The van der Waals surface area contributed by atoms with Crippen LogP contribution in [0, 0.1) is 0 Å². The van der Waals surface area contributed by atoms with E-state index in [1.165, 1.54) is 23.6 Å². The van der Waals surface area contributed by atoms with Gasteiger partial charge in [0.1, 0.15) is 5.82 Å². The summed E-state index contributed by atoms with van der Waals surface area (Å²) in [5, 5.41) is 2.61. The Labute approximate surface area is 95.1 Å². The van der Waals surface area contributed by atoms with Crippen molar-refractivity contribution in [3.8, 4) is 0 Å². The van der Waals surface area contributed by atoms with Crippen molar-refractivity contribution in [2.75, 3.05) is 0 Å². The second-order valence-corrected chi connectivity index (χ2v) is 4.14. The highest BCUT2D eigenvalue weighted by atomic mass is 35.5. The molecule has 2 aromatic heterocycles. The molecule has 0 fully saturated rings. The molecule has 2 aromatic rings. The normalized spacial score (nSPS) is 11.0. The van der Waals surface area contributed by atoms with Crippen LogP contribution in [0.25, 0.3) is 12.2 Å². The van der Waals surface area contributed by atoms with E-state index in [0.29, 0.717) is 10.8 Å². The minimum absolute atomic E-state index is 0.165. The van der Waals surface area contributed by atoms with Crippen molar-refractivity contribution in [1.82, 2.24) is 9.97 Å². The Morgan fingerprint density at radius 3 is 2.93 bits per heavy atom. The van der Waals surface area contributed by atoms with Gasteiger partial charge in [0.05, 0.1) is 5.02 Å². The molecule has 0 aliphatic rings. The summed E-state index contributed by atoms with van der Waals surface area (Å²) in [7, 11) is 0. The van der Waals surface area contributed by atoms with Crippen LogP contribution in [0.4, 0.5) is 0 Å². The van der Waals surface area contributed by atoms with E-state index < -0.39 is 0 Å². The van der Waals surface area contributed by atoms with E-state index in [9.17, 15) is 4.79 Å². The number of aromatic nitrogens is 2. The number of nitrogens with zero attached hydrogens (tertiary/aromatic N) is 1. The molecular weight excluding hydrogens is 232 g/mol. The second kappa shape index (κ2) is 4.42. The first-order chi connectivity index (χ1) is 7.25. The van der Waals surface area contributed by atoms with Gasteiger partial charge in [-0.2, -0.15) is 0 Å². The highest BCUT2D eigenvalue weighted by molar-refractivity contribution is 7.11. The molecule has 0 saturated heterocycles. The lowest BCUT2D eigenvalue weighted by Crippen LogP contribution is -2.05. The van der Waals surface area contributed by atoms with E-state index in [2.05, 4.69) is 9.97 Å². The van der Waals surface area contributed by atoms with Crippen molar-refractivity contribution >= 4 is 35.1 Å². The zero-order chi connectivity index (χ0) is 10.7. The molecule has 0 bridgehead atoms. The molecule has 0 unspecified atom stereocenters. The summed E-state index contributed by atoms with van der Waals surface area (Å²) in [4.78, 5) is 18.5. The van der Waals surface area contributed by atoms with Gasteiger partial charge in [0, 0.05) is 17.1 Å². The molecule has 0 saturated carbocycles. The molecule has 3 nitrogen and oxygen atoms in total. The monoisotopic (exact) mass is 238 g/mol. The van der Waals surface area contributed by atoms with E-state index in [4.69, 9.17) is 11.6 Å². The Morgan fingerprint density at radius 2 is 2.27 bits per heavy atom. The molecule has 2 rings (SSSR count). The van der Waals surface area contributed by atoms with Crippen LogP contribution >= 0.6 is 22.9 Å². The smallest absolute Gasteiger partial charge is 0.251 e. The fraction of sp³-hybridized carbons (Fsp3) is 0. The summed E-state index contributed by atoms with van der Waals surface area (Å²) < 4.78 is 0. The van der Waals surface area contributed by atoms with Crippen molar-refractivity contribution in [2.24, 2.45) is 0 Å². The summed E-state index contributed by atoms with van der Waals surface area (Å²) in [6, 6.07) is 3.20. The van der Waals surface area contributed by atoms with Crippen LogP contribution in [-0.4, -0.2) is 9.97 Å². The summed E-state index contributed by atoms with van der Waals surface area (Å²) in [6.07, 6.45) is 5.01. The van der Waals surface area contributed by atoms with E-state index in [-0.39, 0.29) is 5.56 Å². The molecular formula is C10H7ClN2OS. The lowest BCUT2D eigenvalue weighted by molar-refractivity contribution is 1.09. The molecule has 0 aromatic carbocycles. The Kier molecular flexibility index (Phi) is 2.99. The molecule has 0 amide bonds. The molecule has 0 aliphatic carbocycles. The maximum absolute atomic E-state index is 11.0. The summed E-state index contributed by atoms with van der Waals surface area (Å²) in [5.74, 6) is 0.520. The number of halogens is 1. The van der Waals surface area contributed by atoms with Gasteiger partial charge in [0.2, 0.25) is 0 Å². The maximum atomic E-state index is 11.0. The van der Waals surface area contributed by atoms with Gasteiger partial charge in [0.15, 0.2) is 0 Å². The molecule has 1 N–H and O–H groups in total. The summed E-state index contributed by atoms with van der Waals surface area (Å²) >= 11 is 7.44. The predicted molar refractivity (Wildman–Crippen MR) is 63.1 cm³/mol. The Morgan fingerprint density at radius 1 is 1.40 bits per heavy atom. The van der Waals surface area contributed by atoms with Crippen molar-refractivity contribution in [2.45, 2.75) is 0 Å². The lowest BCUT2D eigenvalue weighted by Gasteiger charge is -1.90. The SMILES string of the molecule is O=c1ccnc(C=Cc2sccc2Cl)[nH]1. The maximum Gasteiger partial charge on any atom is 0.251 e. The van der Waals surface area contributed by atoms with Gasteiger partial charge in [-0.05, 0) is 23.6 Å².